The Hall–Kier alpha value is -2.49. The molecule has 4 atom stereocenters. The molecule has 36 heavy (non-hydrogen) atoms. The van der Waals surface area contributed by atoms with E-state index < -0.39 is 0 Å². The first-order valence-electron chi connectivity index (χ1n) is 12.4. The van der Waals surface area contributed by atoms with E-state index in [0.29, 0.717) is 69.4 Å². The van der Waals surface area contributed by atoms with Gasteiger partial charge in [-0.05, 0) is 32.6 Å². The highest BCUT2D eigenvalue weighted by molar-refractivity contribution is 5.92. The fourth-order valence-electron chi connectivity index (χ4n) is 2.68. The summed E-state index contributed by atoms with van der Waals surface area (Å²) in [6, 6.07) is 0. The van der Waals surface area contributed by atoms with Crippen LogP contribution in [0, 0.1) is 17.8 Å². The summed E-state index contributed by atoms with van der Waals surface area (Å²) in [4.78, 5) is 26.3. The lowest BCUT2D eigenvalue weighted by molar-refractivity contribution is -0.474. The van der Waals surface area contributed by atoms with E-state index >= 15 is 0 Å². The molecule has 0 bridgehead atoms. The number of ether oxygens (including phenoxy) is 3. The average Bonchev–Trinajstić information content (AvgIpc) is 2.81. The molecule has 0 radical (unpaired) electrons. The van der Waals surface area contributed by atoms with E-state index in [-0.39, 0.29) is 41.6 Å². The zero-order chi connectivity index (χ0) is 27.7. The summed E-state index contributed by atoms with van der Waals surface area (Å²) in [6.07, 6.45) is -0.294. The van der Waals surface area contributed by atoms with Crippen molar-refractivity contribution < 1.29 is 33.9 Å². The quantitative estimate of drug-likeness (QED) is 0.111. The summed E-state index contributed by atoms with van der Waals surface area (Å²) in [6.45, 7) is 25.6. The van der Waals surface area contributed by atoms with Gasteiger partial charge in [0.15, 0.2) is 0 Å². The molecule has 0 heterocycles. The molecule has 9 nitrogen and oxygen atoms in total. The number of aliphatic hydroxyl groups is 1. The van der Waals surface area contributed by atoms with Crippen molar-refractivity contribution in [3.05, 3.63) is 36.5 Å². The molecule has 0 aliphatic heterocycles. The maximum absolute atomic E-state index is 11.7. The predicted molar refractivity (Wildman–Crippen MR) is 143 cm³/mol. The van der Waals surface area contributed by atoms with Crippen molar-refractivity contribution in [2.75, 3.05) is 52.7 Å². The van der Waals surface area contributed by atoms with Gasteiger partial charge in [0.2, 0.25) is 11.8 Å². The van der Waals surface area contributed by atoms with E-state index in [9.17, 15) is 14.7 Å². The Morgan fingerprint density at radius 1 is 0.750 bits per heavy atom. The van der Waals surface area contributed by atoms with Crippen LogP contribution < -0.4 is 15.6 Å². The van der Waals surface area contributed by atoms with E-state index in [0.717, 1.165) is 0 Å². The Labute approximate surface area is 217 Å². The van der Waals surface area contributed by atoms with E-state index in [1.807, 2.05) is 20.8 Å². The molecule has 0 spiro atoms. The van der Waals surface area contributed by atoms with Crippen molar-refractivity contribution in [3.63, 3.8) is 0 Å². The fourth-order valence-corrected chi connectivity index (χ4v) is 2.68. The lowest BCUT2D eigenvalue weighted by Gasteiger charge is -2.22. The summed E-state index contributed by atoms with van der Waals surface area (Å²) >= 11 is 0. The maximum atomic E-state index is 11.7. The molecule has 0 aliphatic rings. The first-order chi connectivity index (χ1) is 16.8. The normalized spacial score (nSPS) is 14.9. The highest BCUT2D eigenvalue weighted by Crippen LogP contribution is 2.05. The van der Waals surface area contributed by atoms with Crippen molar-refractivity contribution in [3.8, 4) is 0 Å². The zero-order valence-electron chi connectivity index (χ0n) is 23.1. The number of carbonyl (C=O) groups is 2. The second-order valence-corrected chi connectivity index (χ2v) is 9.84. The standard InChI is InChI=1S/C27H47N3O6/c1-18(2)25(31)28-10-21(7)13-34-16-24(36-15-23(9)12-30-27(33)20(5)6)17-35-14-22(8)11-29-26(32)19(3)4/h21-24H,1,3,5,10-17H2,2,4,6-9H3,(H,28,31)(H,29,32)(H,30,33)/p+1. The topological polar surface area (TPSA) is 120 Å². The van der Waals surface area contributed by atoms with Crippen LogP contribution in [0.1, 0.15) is 41.5 Å². The summed E-state index contributed by atoms with van der Waals surface area (Å²) in [7, 11) is 0. The summed E-state index contributed by atoms with van der Waals surface area (Å²) in [5, 5.41) is 15.4. The molecule has 0 saturated heterocycles. The van der Waals surface area contributed by atoms with Gasteiger partial charge in [-0.3, -0.25) is 9.59 Å². The van der Waals surface area contributed by atoms with Crippen LogP contribution in [0.15, 0.2) is 36.5 Å². The Bertz CT molecular complexity index is 765. The number of rotatable bonds is 20. The molecule has 0 saturated carbocycles. The van der Waals surface area contributed by atoms with Gasteiger partial charge in [0.1, 0.15) is 12.6 Å². The minimum absolute atomic E-state index is 0.0812. The van der Waals surface area contributed by atoms with Gasteiger partial charge in [-0.25, -0.2) is 4.99 Å². The first-order valence-corrected chi connectivity index (χ1v) is 12.4. The third-order valence-electron chi connectivity index (χ3n) is 5.05. The van der Waals surface area contributed by atoms with E-state index in [4.69, 9.17) is 14.2 Å². The monoisotopic (exact) mass is 510 g/mol. The molecular formula is C27H48N3O6+. The highest BCUT2D eigenvalue weighted by atomic mass is 16.6. The number of hydrogen-bond acceptors (Lipinski definition) is 5. The van der Waals surface area contributed by atoms with Gasteiger partial charge >= 0.3 is 5.90 Å². The average molecular weight is 511 g/mol. The molecule has 206 valence electrons. The van der Waals surface area contributed by atoms with Crippen molar-refractivity contribution in [2.24, 2.45) is 17.8 Å². The van der Waals surface area contributed by atoms with Crippen LogP contribution in [0.4, 0.5) is 0 Å². The van der Waals surface area contributed by atoms with Crippen LogP contribution in [-0.4, -0.2) is 81.6 Å². The minimum atomic E-state index is -0.294. The van der Waals surface area contributed by atoms with Crippen LogP contribution in [0.3, 0.4) is 0 Å². The van der Waals surface area contributed by atoms with Crippen LogP contribution in [0.25, 0.3) is 0 Å². The Morgan fingerprint density at radius 2 is 1.19 bits per heavy atom. The molecule has 0 rings (SSSR count). The molecule has 4 unspecified atom stereocenters. The number of hydrogen-bond donors (Lipinski definition) is 4. The fraction of sp³-hybridized carbons (Fsp3) is 0.667. The smallest absolute Gasteiger partial charge is 0.360 e. The second kappa shape index (κ2) is 18.7. The Morgan fingerprint density at radius 3 is 1.64 bits per heavy atom. The van der Waals surface area contributed by atoms with Gasteiger partial charge in [0.25, 0.3) is 0 Å². The van der Waals surface area contributed by atoms with Gasteiger partial charge in [0, 0.05) is 30.2 Å². The van der Waals surface area contributed by atoms with Crippen molar-refractivity contribution >= 4 is 17.7 Å². The summed E-state index contributed by atoms with van der Waals surface area (Å²) in [5.41, 5.74) is 1.52. The SMILES string of the molecule is C=C(C)C(=O)NCC(C)COCC(COCC(C)C[NH+]=C(O)C(=C)C)OCC(C)CNC(=O)C(=C)C. The van der Waals surface area contributed by atoms with Gasteiger partial charge < -0.3 is 30.0 Å². The molecule has 0 aromatic carbocycles. The van der Waals surface area contributed by atoms with Crippen LogP contribution >= 0.6 is 0 Å². The molecule has 9 heteroatoms. The van der Waals surface area contributed by atoms with Crippen LogP contribution in [-0.2, 0) is 23.8 Å². The van der Waals surface area contributed by atoms with Crippen molar-refractivity contribution in [2.45, 2.75) is 47.6 Å². The lowest BCUT2D eigenvalue weighted by Crippen LogP contribution is -2.75. The zero-order valence-corrected chi connectivity index (χ0v) is 23.1. The third kappa shape index (κ3) is 17.0. The van der Waals surface area contributed by atoms with Gasteiger partial charge in [0.05, 0.1) is 38.6 Å². The van der Waals surface area contributed by atoms with E-state index in [1.165, 1.54) is 0 Å². The molecular weight excluding hydrogens is 462 g/mol. The molecule has 0 aromatic heterocycles. The first kappa shape index (κ1) is 33.5. The lowest BCUT2D eigenvalue weighted by atomic mass is 10.2. The Balaban J connectivity index is 4.67. The molecule has 0 aromatic rings. The largest absolute Gasteiger partial charge is 0.460 e. The second-order valence-electron chi connectivity index (χ2n) is 9.84. The molecule has 0 fully saturated rings. The molecule has 0 aliphatic carbocycles. The molecule has 2 amide bonds. The Kier molecular flexibility index (Phi) is 17.4. The van der Waals surface area contributed by atoms with Crippen molar-refractivity contribution in [1.82, 2.24) is 10.6 Å². The third-order valence-corrected chi connectivity index (χ3v) is 5.05. The highest BCUT2D eigenvalue weighted by Gasteiger charge is 2.16. The number of carbonyl (C=O) groups excluding carboxylic acids is 2. The van der Waals surface area contributed by atoms with Gasteiger partial charge in [-0.1, -0.05) is 40.5 Å². The summed E-state index contributed by atoms with van der Waals surface area (Å²) < 4.78 is 17.8. The van der Waals surface area contributed by atoms with E-state index in [1.54, 1.807) is 20.8 Å². The van der Waals surface area contributed by atoms with Gasteiger partial charge in [-0.15, -0.1) is 0 Å². The van der Waals surface area contributed by atoms with Gasteiger partial charge in [-0.2, -0.15) is 0 Å². The number of nitrogens with one attached hydrogen (secondary N) is 3. The maximum Gasteiger partial charge on any atom is 0.360 e. The number of aliphatic hydroxyl groups excluding tert-OH is 1. The molecule has 4 N–H and O–H groups in total. The number of amides is 2. The minimum Gasteiger partial charge on any atom is -0.460 e. The van der Waals surface area contributed by atoms with Crippen LogP contribution in [0.5, 0.6) is 0 Å². The van der Waals surface area contributed by atoms with Crippen LogP contribution in [0.2, 0.25) is 0 Å². The summed E-state index contributed by atoms with van der Waals surface area (Å²) in [5.74, 6) is 0.113. The van der Waals surface area contributed by atoms with Crippen molar-refractivity contribution in [1.29, 1.82) is 0 Å². The van der Waals surface area contributed by atoms with E-state index in [2.05, 4.69) is 35.4 Å². The predicted octanol–water partition coefficient (Wildman–Crippen LogP) is 1.31.